The highest BCUT2D eigenvalue weighted by atomic mass is 35.5. The first kappa shape index (κ1) is 13.5. The Morgan fingerprint density at radius 2 is 1.74 bits per heavy atom. The summed E-state index contributed by atoms with van der Waals surface area (Å²) in [6.07, 6.45) is 0. The van der Waals surface area contributed by atoms with Crippen LogP contribution in [-0.2, 0) is 0 Å². The normalized spacial score (nSPS) is 10.4. The first-order chi connectivity index (χ1) is 9.01. The van der Waals surface area contributed by atoms with Crippen molar-refractivity contribution in [3.63, 3.8) is 0 Å². The molecule has 100 valence electrons. The zero-order valence-electron chi connectivity index (χ0n) is 11.3. The van der Waals surface area contributed by atoms with Gasteiger partial charge in [0.05, 0.1) is 0 Å². The van der Waals surface area contributed by atoms with Crippen molar-refractivity contribution in [2.24, 2.45) is 0 Å². The standard InChI is InChI=1S/C13H15ClN4O/c1-7-5-6-8(2)10(9(7)3)19-13-17-11(14)16-12(15-4)18-13/h5-6H,1-4H3,(H,15,16,17,18). The zero-order valence-corrected chi connectivity index (χ0v) is 12.0. The Balaban J connectivity index is 2.41. The maximum Gasteiger partial charge on any atom is 0.328 e. The number of ether oxygens (including phenoxy) is 1. The van der Waals surface area contributed by atoms with Gasteiger partial charge in [-0.05, 0) is 49.1 Å². The molecule has 0 aliphatic heterocycles. The highest BCUT2D eigenvalue weighted by Gasteiger charge is 2.11. The fourth-order valence-corrected chi connectivity index (χ4v) is 1.82. The average Bonchev–Trinajstić information content (AvgIpc) is 2.38. The van der Waals surface area contributed by atoms with E-state index in [1.165, 1.54) is 0 Å². The van der Waals surface area contributed by atoms with E-state index in [9.17, 15) is 0 Å². The molecule has 0 amide bonds. The van der Waals surface area contributed by atoms with Crippen LogP contribution in [0.4, 0.5) is 5.95 Å². The van der Waals surface area contributed by atoms with Crippen LogP contribution in [-0.4, -0.2) is 22.0 Å². The topological polar surface area (TPSA) is 59.9 Å². The van der Waals surface area contributed by atoms with Gasteiger partial charge in [0.2, 0.25) is 11.2 Å². The monoisotopic (exact) mass is 278 g/mol. The van der Waals surface area contributed by atoms with E-state index in [1.807, 2.05) is 26.8 Å². The molecule has 6 heteroatoms. The van der Waals surface area contributed by atoms with Crippen LogP contribution in [0, 0.1) is 20.8 Å². The minimum atomic E-state index is 0.0947. The molecule has 5 nitrogen and oxygen atoms in total. The number of halogens is 1. The Morgan fingerprint density at radius 3 is 2.42 bits per heavy atom. The van der Waals surface area contributed by atoms with E-state index in [0.29, 0.717) is 5.95 Å². The second-order valence-corrected chi connectivity index (χ2v) is 4.55. The van der Waals surface area contributed by atoms with Crippen LogP contribution in [0.15, 0.2) is 12.1 Å². The highest BCUT2D eigenvalue weighted by Crippen LogP contribution is 2.29. The van der Waals surface area contributed by atoms with Gasteiger partial charge in [-0.25, -0.2) is 0 Å². The number of hydrogen-bond donors (Lipinski definition) is 1. The number of anilines is 1. The van der Waals surface area contributed by atoms with Crippen LogP contribution in [0.2, 0.25) is 5.28 Å². The summed E-state index contributed by atoms with van der Waals surface area (Å²) in [6.45, 7) is 6.00. The van der Waals surface area contributed by atoms with Crippen molar-refractivity contribution in [1.82, 2.24) is 15.0 Å². The third-order valence-electron chi connectivity index (χ3n) is 2.88. The summed E-state index contributed by atoms with van der Waals surface area (Å²) in [5.41, 5.74) is 3.22. The molecule has 0 aliphatic rings. The smallest absolute Gasteiger partial charge is 0.328 e. The summed E-state index contributed by atoms with van der Waals surface area (Å²) in [6, 6.07) is 4.23. The number of rotatable bonds is 3. The van der Waals surface area contributed by atoms with E-state index < -0.39 is 0 Å². The molecule has 0 aliphatic carbocycles. The van der Waals surface area contributed by atoms with Crippen LogP contribution < -0.4 is 10.1 Å². The van der Waals surface area contributed by atoms with Gasteiger partial charge in [0.25, 0.3) is 0 Å². The van der Waals surface area contributed by atoms with E-state index in [1.54, 1.807) is 7.05 Å². The van der Waals surface area contributed by atoms with E-state index in [2.05, 4.69) is 26.3 Å². The number of aryl methyl sites for hydroxylation is 2. The summed E-state index contributed by atoms with van der Waals surface area (Å²) in [5, 5.41) is 2.90. The number of nitrogens with one attached hydrogen (secondary N) is 1. The van der Waals surface area contributed by atoms with Crippen LogP contribution in [0.5, 0.6) is 11.8 Å². The summed E-state index contributed by atoms with van der Waals surface area (Å²) in [4.78, 5) is 12.0. The van der Waals surface area contributed by atoms with Crippen molar-refractivity contribution < 1.29 is 4.74 Å². The fraction of sp³-hybridized carbons (Fsp3) is 0.308. The molecule has 1 aromatic carbocycles. The molecule has 1 N–H and O–H groups in total. The lowest BCUT2D eigenvalue weighted by molar-refractivity contribution is 0.434. The minimum Gasteiger partial charge on any atom is -0.424 e. The minimum absolute atomic E-state index is 0.0947. The van der Waals surface area contributed by atoms with Crippen LogP contribution in [0.3, 0.4) is 0 Å². The van der Waals surface area contributed by atoms with Crippen LogP contribution in [0.1, 0.15) is 16.7 Å². The van der Waals surface area contributed by atoms with Crippen molar-refractivity contribution >= 4 is 17.5 Å². The summed E-state index contributed by atoms with van der Waals surface area (Å²) in [7, 11) is 1.71. The van der Waals surface area contributed by atoms with Gasteiger partial charge in [0.1, 0.15) is 5.75 Å². The molecule has 19 heavy (non-hydrogen) atoms. The Bertz CT molecular complexity index is 616. The van der Waals surface area contributed by atoms with Gasteiger partial charge in [-0.1, -0.05) is 12.1 Å². The number of benzene rings is 1. The van der Waals surface area contributed by atoms with E-state index in [-0.39, 0.29) is 11.3 Å². The highest BCUT2D eigenvalue weighted by molar-refractivity contribution is 6.28. The van der Waals surface area contributed by atoms with E-state index in [4.69, 9.17) is 16.3 Å². The number of nitrogens with zero attached hydrogens (tertiary/aromatic N) is 3. The SMILES string of the molecule is CNc1nc(Cl)nc(Oc2c(C)ccc(C)c2C)n1. The molecule has 0 radical (unpaired) electrons. The van der Waals surface area contributed by atoms with E-state index >= 15 is 0 Å². The molecule has 2 rings (SSSR count). The molecule has 2 aromatic rings. The van der Waals surface area contributed by atoms with Crippen molar-refractivity contribution in [2.75, 3.05) is 12.4 Å². The van der Waals surface area contributed by atoms with Gasteiger partial charge in [-0.2, -0.15) is 15.0 Å². The Labute approximate surface area is 117 Å². The molecule has 1 aromatic heterocycles. The molecule has 0 atom stereocenters. The Morgan fingerprint density at radius 1 is 1.05 bits per heavy atom. The zero-order chi connectivity index (χ0) is 14.0. The third-order valence-corrected chi connectivity index (χ3v) is 3.05. The van der Waals surface area contributed by atoms with Gasteiger partial charge in [-0.15, -0.1) is 0 Å². The van der Waals surface area contributed by atoms with Crippen molar-refractivity contribution in [1.29, 1.82) is 0 Å². The van der Waals surface area contributed by atoms with Crippen molar-refractivity contribution in [3.05, 3.63) is 34.1 Å². The molecule has 0 unspecified atom stereocenters. The largest absolute Gasteiger partial charge is 0.424 e. The molecule has 1 heterocycles. The van der Waals surface area contributed by atoms with Crippen molar-refractivity contribution in [2.45, 2.75) is 20.8 Å². The van der Waals surface area contributed by atoms with Crippen molar-refractivity contribution in [3.8, 4) is 11.8 Å². The molecule has 0 saturated heterocycles. The lowest BCUT2D eigenvalue weighted by Gasteiger charge is -2.12. The molecular weight excluding hydrogens is 264 g/mol. The Kier molecular flexibility index (Phi) is 3.85. The third kappa shape index (κ3) is 2.93. The molecule has 0 fully saturated rings. The molecular formula is C13H15ClN4O. The first-order valence-electron chi connectivity index (χ1n) is 5.85. The molecule has 0 bridgehead atoms. The average molecular weight is 279 g/mol. The van der Waals surface area contributed by atoms with Gasteiger partial charge in [0.15, 0.2) is 0 Å². The predicted octanol–water partition coefficient (Wildman–Crippen LogP) is 3.28. The molecule has 0 saturated carbocycles. The maximum atomic E-state index is 5.82. The second kappa shape index (κ2) is 5.40. The first-order valence-corrected chi connectivity index (χ1v) is 6.23. The summed E-state index contributed by atoms with van der Waals surface area (Å²) in [5.74, 6) is 1.13. The van der Waals surface area contributed by atoms with Crippen LogP contribution >= 0.6 is 11.6 Å². The maximum absolute atomic E-state index is 5.82. The second-order valence-electron chi connectivity index (χ2n) is 4.22. The quantitative estimate of drug-likeness (QED) is 0.933. The summed E-state index contributed by atoms with van der Waals surface area (Å²) >= 11 is 5.82. The lowest BCUT2D eigenvalue weighted by Crippen LogP contribution is -2.02. The number of aromatic nitrogens is 3. The fourth-order valence-electron chi connectivity index (χ4n) is 1.66. The Hall–Kier alpha value is -1.88. The van der Waals surface area contributed by atoms with Crippen LogP contribution in [0.25, 0.3) is 0 Å². The summed E-state index contributed by atoms with van der Waals surface area (Å²) < 4.78 is 5.76. The van der Waals surface area contributed by atoms with Gasteiger partial charge >= 0.3 is 6.01 Å². The lowest BCUT2D eigenvalue weighted by atomic mass is 10.1. The predicted molar refractivity (Wildman–Crippen MR) is 75.1 cm³/mol. The van der Waals surface area contributed by atoms with Gasteiger partial charge in [0, 0.05) is 7.05 Å². The molecule has 0 spiro atoms. The van der Waals surface area contributed by atoms with E-state index in [0.717, 1.165) is 22.4 Å². The van der Waals surface area contributed by atoms with Gasteiger partial charge in [-0.3, -0.25) is 0 Å². The van der Waals surface area contributed by atoms with Gasteiger partial charge < -0.3 is 10.1 Å². The number of hydrogen-bond acceptors (Lipinski definition) is 5.